The van der Waals surface area contributed by atoms with Gasteiger partial charge in [-0.1, -0.05) is 45.9 Å². The summed E-state index contributed by atoms with van der Waals surface area (Å²) in [7, 11) is 0. The summed E-state index contributed by atoms with van der Waals surface area (Å²) in [5.41, 5.74) is 6.08. The number of rotatable bonds is 6. The number of imidazole rings is 1. The second kappa shape index (κ2) is 14.3. The number of anilines is 1. The van der Waals surface area contributed by atoms with Gasteiger partial charge in [-0.25, -0.2) is 0 Å². The zero-order valence-corrected chi connectivity index (χ0v) is 30.6. The van der Waals surface area contributed by atoms with Crippen molar-refractivity contribution < 1.29 is 20.1 Å². The summed E-state index contributed by atoms with van der Waals surface area (Å²) in [5.74, 6) is 1.86. The molecule has 0 unspecified atom stereocenters. The third-order valence-electron chi connectivity index (χ3n) is 7.87. The van der Waals surface area contributed by atoms with E-state index < -0.39 is 0 Å². The van der Waals surface area contributed by atoms with Crippen LogP contribution in [0.15, 0.2) is 96.4 Å². The zero-order valence-electron chi connectivity index (χ0n) is 26.5. The number of fused-ring (bicyclic) bond motifs is 3. The Morgan fingerprint density at radius 1 is 0.778 bits per heavy atom. The molecule has 45 heavy (non-hydrogen) atoms. The van der Waals surface area contributed by atoms with E-state index in [1.54, 1.807) is 0 Å². The first kappa shape index (κ1) is 32.9. The molecule has 4 aromatic carbocycles. The first-order valence-corrected chi connectivity index (χ1v) is 17.0. The molecule has 0 saturated heterocycles. The van der Waals surface area contributed by atoms with Gasteiger partial charge in [0.05, 0.1) is 5.82 Å². The first-order chi connectivity index (χ1) is 21.3. The van der Waals surface area contributed by atoms with E-state index >= 15 is 0 Å². The van der Waals surface area contributed by atoms with Crippen LogP contribution < -0.4 is 5.01 Å². The fourth-order valence-electron chi connectivity index (χ4n) is 5.54. The van der Waals surface area contributed by atoms with Gasteiger partial charge in [0.1, 0.15) is 0 Å². The molecule has 5 nitrogen and oxygen atoms in total. The number of hydrazone groups is 1. The van der Waals surface area contributed by atoms with Gasteiger partial charge in [0.15, 0.2) is 0 Å². The van der Waals surface area contributed by atoms with Crippen molar-refractivity contribution in [2.24, 2.45) is 5.10 Å². The molecule has 0 saturated carbocycles. The molecule has 0 bridgehead atoms. The largest absolute Gasteiger partial charge is 3.00 e. The molecule has 2 aromatic heterocycles. The summed E-state index contributed by atoms with van der Waals surface area (Å²) in [5, 5.41) is 9.16. The molecule has 0 amide bonds. The predicted molar refractivity (Wildman–Crippen MR) is 185 cm³/mol. The molecule has 3 heterocycles. The first-order valence-electron chi connectivity index (χ1n) is 15.2. The summed E-state index contributed by atoms with van der Waals surface area (Å²) in [6, 6.07) is 34.6. The SMILES string of the molecule is CC(C)N1C=NN(c2[c-]ccc3c2[se]c2ccccc23)[CH-]1.CC(C)c1cccc(C(C)C)c1-n1ccnc1-c1[c-]cccc1.[Ir+3]. The smallest absolute Gasteiger partial charge is 0.340 e. The third-order valence-corrected chi connectivity index (χ3v) is 10.4. The Labute approximate surface area is 286 Å². The van der Waals surface area contributed by atoms with E-state index in [1.807, 2.05) is 41.8 Å². The van der Waals surface area contributed by atoms with E-state index in [9.17, 15) is 0 Å². The maximum Gasteiger partial charge on any atom is 3.00 e. The van der Waals surface area contributed by atoms with E-state index in [2.05, 4.69) is 141 Å². The predicted octanol–water partition coefficient (Wildman–Crippen LogP) is 9.03. The molecule has 0 atom stereocenters. The molecule has 1 aliphatic heterocycles. The van der Waals surface area contributed by atoms with Crippen LogP contribution in [0.3, 0.4) is 0 Å². The van der Waals surface area contributed by atoms with Crippen molar-refractivity contribution >= 4 is 45.8 Å². The number of hydrogen-bond acceptors (Lipinski definition) is 4. The Balaban J connectivity index is 0.000000174. The molecule has 0 N–H and O–H groups in total. The normalized spacial score (nSPS) is 12.8. The Bertz CT molecular complexity index is 1880. The van der Waals surface area contributed by atoms with Crippen molar-refractivity contribution in [3.05, 3.63) is 121 Å². The van der Waals surface area contributed by atoms with Gasteiger partial charge in [0, 0.05) is 18.1 Å². The van der Waals surface area contributed by atoms with Gasteiger partial charge in [0.25, 0.3) is 0 Å². The summed E-state index contributed by atoms with van der Waals surface area (Å²) in [4.78, 5) is 6.71. The Morgan fingerprint density at radius 3 is 2.18 bits per heavy atom. The number of aromatic nitrogens is 2. The fraction of sp³-hybridized carbons (Fsp3) is 0.237. The van der Waals surface area contributed by atoms with Gasteiger partial charge in [-0.15, -0.1) is 35.9 Å². The Hall–Kier alpha value is -3.47. The molecule has 0 spiro atoms. The Morgan fingerprint density at radius 2 is 1.51 bits per heavy atom. The third kappa shape index (κ3) is 6.73. The van der Waals surface area contributed by atoms with Crippen LogP contribution in [-0.4, -0.2) is 41.3 Å². The van der Waals surface area contributed by atoms with Crippen LogP contribution in [0.4, 0.5) is 5.69 Å². The van der Waals surface area contributed by atoms with Crippen LogP contribution in [0.5, 0.6) is 0 Å². The molecule has 7 heteroatoms. The fourth-order valence-corrected chi connectivity index (χ4v) is 8.04. The van der Waals surface area contributed by atoms with Crippen LogP contribution in [0.25, 0.3) is 36.4 Å². The minimum atomic E-state index is 0. The van der Waals surface area contributed by atoms with E-state index in [0.717, 1.165) is 17.1 Å². The molecule has 7 rings (SSSR count). The zero-order chi connectivity index (χ0) is 30.8. The van der Waals surface area contributed by atoms with Gasteiger partial charge < -0.3 is 4.57 Å². The summed E-state index contributed by atoms with van der Waals surface area (Å²) in [6.07, 6.45) is 5.81. The van der Waals surface area contributed by atoms with Crippen LogP contribution in [0, 0.1) is 18.8 Å². The number of hydrogen-bond donors (Lipinski definition) is 0. The van der Waals surface area contributed by atoms with Gasteiger partial charge in [-0.05, 0) is 23.0 Å². The molecule has 1 aliphatic rings. The van der Waals surface area contributed by atoms with E-state index in [0.29, 0.717) is 32.4 Å². The van der Waals surface area contributed by atoms with Crippen molar-refractivity contribution in [3.8, 4) is 17.1 Å². The van der Waals surface area contributed by atoms with Crippen LogP contribution in [0.2, 0.25) is 0 Å². The monoisotopic (exact) mass is 837 g/mol. The summed E-state index contributed by atoms with van der Waals surface area (Å²) < 4.78 is 5.05. The van der Waals surface area contributed by atoms with E-state index in [1.165, 1.54) is 36.1 Å². The minimum absolute atomic E-state index is 0. The van der Waals surface area contributed by atoms with Crippen LogP contribution >= 0.6 is 0 Å². The van der Waals surface area contributed by atoms with E-state index in [4.69, 9.17) is 0 Å². The van der Waals surface area contributed by atoms with Gasteiger partial charge in [-0.2, -0.15) is 0 Å². The van der Waals surface area contributed by atoms with Crippen molar-refractivity contribution in [1.29, 1.82) is 0 Å². The Kier molecular flexibility index (Phi) is 10.5. The molecule has 0 radical (unpaired) electrons. The molecule has 6 aromatic rings. The van der Waals surface area contributed by atoms with Gasteiger partial charge >= 0.3 is 150 Å². The molecular formula is C38H38IrN5Se. The second-order valence-electron chi connectivity index (χ2n) is 11.9. The topological polar surface area (TPSA) is 36.7 Å². The van der Waals surface area contributed by atoms with Crippen LogP contribution in [-0.2, 0) is 20.1 Å². The summed E-state index contributed by atoms with van der Waals surface area (Å²) >= 11 is 0.327. The molecule has 230 valence electrons. The average Bonchev–Trinajstić information content (AvgIpc) is 3.80. The number of benzene rings is 4. The number of nitrogens with zero attached hydrogens (tertiary/aromatic N) is 5. The molecule has 0 aliphatic carbocycles. The standard InChI is InChI=1S/C21H23N2.C17H15N3Se.Ir/c1-15(2)18-11-8-12-19(16(3)4)20(18)23-14-13-22-21(23)17-9-6-5-7-10-17;1-12(2)19-10-18-20(11-19)15-8-5-7-14-13-6-3-4-9-16(13)21-17(14)15;/h5-9,11-16H,1-4H3;3-7,9-12H,1-2H3;/q-1;-2;+3. The minimum Gasteiger partial charge on any atom is -0.340 e. The van der Waals surface area contributed by atoms with Crippen molar-refractivity contribution in [3.63, 3.8) is 0 Å². The van der Waals surface area contributed by atoms with Gasteiger partial charge in [0.2, 0.25) is 0 Å². The van der Waals surface area contributed by atoms with Crippen LogP contribution in [0.1, 0.15) is 64.5 Å². The maximum atomic E-state index is 4.60. The maximum absolute atomic E-state index is 4.60. The second-order valence-corrected chi connectivity index (χ2v) is 14.1. The molecule has 0 fully saturated rings. The van der Waals surface area contributed by atoms with Gasteiger partial charge in [-0.3, -0.25) is 4.98 Å². The summed E-state index contributed by atoms with van der Waals surface area (Å²) in [6.45, 7) is 15.3. The number of para-hydroxylation sites is 1. The molecular weight excluding hydrogens is 798 g/mol. The van der Waals surface area contributed by atoms with E-state index in [-0.39, 0.29) is 20.1 Å². The average molecular weight is 836 g/mol. The van der Waals surface area contributed by atoms with Crippen molar-refractivity contribution in [1.82, 2.24) is 14.5 Å². The van der Waals surface area contributed by atoms with Crippen molar-refractivity contribution in [2.75, 3.05) is 5.01 Å². The quantitative estimate of drug-likeness (QED) is 0.124. The van der Waals surface area contributed by atoms with Crippen molar-refractivity contribution in [2.45, 2.75) is 59.4 Å².